The first-order valence-corrected chi connectivity index (χ1v) is 16.1. The molecule has 3 heterocycles. The van der Waals surface area contributed by atoms with Gasteiger partial charge in [0.25, 0.3) is 0 Å². The molecule has 6 heteroatoms. The Morgan fingerprint density at radius 3 is 2.57 bits per heavy atom. The van der Waals surface area contributed by atoms with Crippen molar-refractivity contribution in [1.29, 1.82) is 0 Å². The van der Waals surface area contributed by atoms with Crippen molar-refractivity contribution < 1.29 is 19.4 Å². The van der Waals surface area contributed by atoms with Gasteiger partial charge in [0.05, 0.1) is 18.8 Å². The maximum atomic E-state index is 13.2. The first kappa shape index (κ1) is 24.1. The van der Waals surface area contributed by atoms with E-state index in [1.165, 1.54) is 12.0 Å². The Kier molecular flexibility index (Phi) is 5.34. The molecule has 0 radical (unpaired) electrons. The molecule has 7 aliphatic rings. The van der Waals surface area contributed by atoms with E-state index in [1.807, 2.05) is 29.6 Å². The van der Waals surface area contributed by atoms with Gasteiger partial charge >= 0.3 is 0 Å². The van der Waals surface area contributed by atoms with Crippen molar-refractivity contribution in [1.82, 2.24) is 0 Å². The summed E-state index contributed by atoms with van der Waals surface area (Å²) in [6.45, 7) is 10.3. The smallest absolute Gasteiger partial charge is 0.181 e. The van der Waals surface area contributed by atoms with Crippen molar-refractivity contribution in [3.63, 3.8) is 0 Å². The second-order valence-corrected chi connectivity index (χ2v) is 16.6. The number of thioether (sulfide) groups is 2. The van der Waals surface area contributed by atoms with Crippen molar-refractivity contribution in [3.05, 3.63) is 11.6 Å². The van der Waals surface area contributed by atoms with Crippen LogP contribution in [0.1, 0.15) is 72.6 Å². The first-order chi connectivity index (χ1) is 16.6. The second-order valence-electron chi connectivity index (χ2n) is 13.6. The number of carbonyl (C=O) groups is 1. The van der Waals surface area contributed by atoms with E-state index >= 15 is 0 Å². The number of fused-ring (bicyclic) bond motifs is 7. The minimum Gasteiger partial charge on any atom is -0.393 e. The van der Waals surface area contributed by atoms with E-state index in [2.05, 4.69) is 27.7 Å². The molecule has 4 aliphatic carbocycles. The Balaban J connectivity index is 1.21. The molecule has 1 N–H and O–H groups in total. The molecule has 3 saturated heterocycles. The Morgan fingerprint density at radius 2 is 1.86 bits per heavy atom. The van der Waals surface area contributed by atoms with Gasteiger partial charge in [0.15, 0.2) is 11.6 Å². The van der Waals surface area contributed by atoms with Gasteiger partial charge < -0.3 is 14.6 Å². The summed E-state index contributed by atoms with van der Waals surface area (Å²) in [6.07, 6.45) is 9.17. The number of ketones is 1. The number of aliphatic hydroxyl groups is 1. The summed E-state index contributed by atoms with van der Waals surface area (Å²) in [4.78, 5) is 13.2. The molecule has 7 rings (SSSR count). The zero-order valence-electron chi connectivity index (χ0n) is 21.8. The lowest BCUT2D eigenvalue weighted by Crippen LogP contribution is -2.59. The molecule has 7 unspecified atom stereocenters. The van der Waals surface area contributed by atoms with Gasteiger partial charge in [-0.2, -0.15) is 0 Å². The summed E-state index contributed by atoms with van der Waals surface area (Å²) in [5.74, 6) is 4.91. The predicted octanol–water partition coefficient (Wildman–Crippen LogP) is 5.68. The van der Waals surface area contributed by atoms with Gasteiger partial charge in [0.2, 0.25) is 0 Å². The summed E-state index contributed by atoms with van der Waals surface area (Å²) in [5.41, 5.74) is 1.29. The van der Waals surface area contributed by atoms with E-state index in [4.69, 9.17) is 9.47 Å². The van der Waals surface area contributed by atoms with E-state index in [9.17, 15) is 9.90 Å². The van der Waals surface area contributed by atoms with E-state index < -0.39 is 5.79 Å². The largest absolute Gasteiger partial charge is 0.393 e. The average molecular weight is 519 g/mol. The van der Waals surface area contributed by atoms with Gasteiger partial charge in [-0.05, 0) is 73.7 Å². The molecule has 0 aromatic carbocycles. The molecule has 0 aromatic heterocycles. The molecule has 2 spiro atoms. The lowest BCUT2D eigenvalue weighted by atomic mass is 9.45. The highest BCUT2D eigenvalue weighted by atomic mass is 32.2. The molecule has 11 atom stereocenters. The molecule has 0 bridgehead atoms. The quantitative estimate of drug-likeness (QED) is 0.445. The maximum Gasteiger partial charge on any atom is 0.181 e. The third kappa shape index (κ3) is 3.04. The van der Waals surface area contributed by atoms with Crippen LogP contribution in [0.5, 0.6) is 0 Å². The van der Waals surface area contributed by atoms with Crippen LogP contribution in [0.2, 0.25) is 0 Å². The van der Waals surface area contributed by atoms with E-state index in [0.29, 0.717) is 41.3 Å². The molecule has 35 heavy (non-hydrogen) atoms. The topological polar surface area (TPSA) is 55.8 Å². The standard InChI is InChI=1S/C29H42O4S2/c1-16-7-8-28(32-14-16)17(2)25-22(33-28)12-21-19-6-5-18-11-24(31)29(34-9-10-35-29)15-26(18,3)20(19)13-23(30)27(21,25)4/h11,16-17,19-23,25,30H,5-10,12-15H2,1-4H3/t16?,17-,19?,20?,21?,22?,23-,25?,26-,27+,28?/m0/s1. The van der Waals surface area contributed by atoms with Crippen LogP contribution >= 0.6 is 23.5 Å². The number of aliphatic hydroxyl groups excluding tert-OH is 1. The number of hydrogen-bond donors (Lipinski definition) is 1. The minimum absolute atomic E-state index is 0.0253. The molecule has 0 aromatic rings. The Labute approximate surface area is 219 Å². The van der Waals surface area contributed by atoms with Crippen molar-refractivity contribution in [2.75, 3.05) is 18.1 Å². The van der Waals surface area contributed by atoms with E-state index in [1.54, 1.807) is 0 Å². The lowest BCUT2D eigenvalue weighted by molar-refractivity contribution is -0.273. The fraction of sp³-hybridized carbons (Fsp3) is 0.897. The Morgan fingerprint density at radius 1 is 1.09 bits per heavy atom. The van der Waals surface area contributed by atoms with Crippen LogP contribution in [0.3, 0.4) is 0 Å². The fourth-order valence-corrected chi connectivity index (χ4v) is 13.7. The molecular formula is C29H42O4S2. The van der Waals surface area contributed by atoms with Gasteiger partial charge in [-0.25, -0.2) is 0 Å². The Bertz CT molecular complexity index is 950. The lowest BCUT2D eigenvalue weighted by Gasteiger charge is -2.61. The predicted molar refractivity (Wildman–Crippen MR) is 141 cm³/mol. The normalized spacial score (nSPS) is 56.5. The number of carbonyl (C=O) groups excluding carboxylic acids is 1. The van der Waals surface area contributed by atoms with Gasteiger partial charge in [-0.15, -0.1) is 23.5 Å². The molecule has 4 nitrogen and oxygen atoms in total. The average Bonchev–Trinajstić information content (AvgIpc) is 3.47. The summed E-state index contributed by atoms with van der Waals surface area (Å²) in [7, 11) is 0. The van der Waals surface area contributed by atoms with E-state index in [0.717, 1.165) is 56.6 Å². The van der Waals surface area contributed by atoms with Gasteiger partial charge in [-0.1, -0.05) is 33.3 Å². The van der Waals surface area contributed by atoms with Crippen molar-refractivity contribution in [2.45, 2.75) is 94.7 Å². The van der Waals surface area contributed by atoms with Crippen molar-refractivity contribution >= 4 is 29.3 Å². The molecule has 0 amide bonds. The number of allylic oxidation sites excluding steroid dienone is 1. The van der Waals surface area contributed by atoms with Gasteiger partial charge in [-0.3, -0.25) is 4.79 Å². The second kappa shape index (κ2) is 7.77. The van der Waals surface area contributed by atoms with Crippen LogP contribution < -0.4 is 0 Å². The van der Waals surface area contributed by atoms with Crippen LogP contribution in [0.25, 0.3) is 0 Å². The van der Waals surface area contributed by atoms with Crippen LogP contribution in [0, 0.1) is 46.3 Å². The summed E-state index contributed by atoms with van der Waals surface area (Å²) >= 11 is 3.77. The summed E-state index contributed by atoms with van der Waals surface area (Å²) < 4.78 is 13.1. The zero-order chi connectivity index (χ0) is 24.4. The third-order valence-corrected chi connectivity index (χ3v) is 15.6. The molecule has 194 valence electrons. The Hall–Kier alpha value is -0.0100. The van der Waals surface area contributed by atoms with Gasteiger partial charge in [0, 0.05) is 35.2 Å². The minimum atomic E-state index is -0.437. The van der Waals surface area contributed by atoms with Crippen LogP contribution in [-0.2, 0) is 14.3 Å². The van der Waals surface area contributed by atoms with E-state index in [-0.39, 0.29) is 27.1 Å². The maximum absolute atomic E-state index is 13.2. The third-order valence-electron chi connectivity index (χ3n) is 12.1. The zero-order valence-corrected chi connectivity index (χ0v) is 23.4. The summed E-state index contributed by atoms with van der Waals surface area (Å²) in [5, 5.41) is 12.0. The highest BCUT2D eigenvalue weighted by Crippen LogP contribution is 2.72. The summed E-state index contributed by atoms with van der Waals surface area (Å²) in [6, 6.07) is 0. The SMILES string of the molecule is CC1CCC2(OC1)OC1CC3C4CCC5=CC(=O)C6(C[C@]5(C)C4C[C@H](O)[C@]3(C)C1[C@@H]2C)SCCS6. The van der Waals surface area contributed by atoms with Crippen molar-refractivity contribution in [2.24, 2.45) is 46.3 Å². The fourth-order valence-electron chi connectivity index (χ4n) is 10.3. The van der Waals surface area contributed by atoms with Crippen molar-refractivity contribution in [3.8, 4) is 0 Å². The molecular weight excluding hydrogens is 476 g/mol. The van der Waals surface area contributed by atoms with Gasteiger partial charge in [0.1, 0.15) is 4.08 Å². The first-order valence-electron chi connectivity index (χ1n) is 14.2. The number of rotatable bonds is 0. The van der Waals surface area contributed by atoms with Crippen LogP contribution in [0.4, 0.5) is 0 Å². The van der Waals surface area contributed by atoms with Crippen LogP contribution in [0.15, 0.2) is 11.6 Å². The molecule has 3 aliphatic heterocycles. The van der Waals surface area contributed by atoms with Crippen LogP contribution in [-0.4, -0.2) is 51.1 Å². The highest BCUT2D eigenvalue weighted by Gasteiger charge is 2.71. The highest BCUT2D eigenvalue weighted by molar-refractivity contribution is 8.22. The molecule has 3 saturated carbocycles. The number of hydrogen-bond acceptors (Lipinski definition) is 6. The molecule has 6 fully saturated rings. The number of ether oxygens (including phenoxy) is 2. The monoisotopic (exact) mass is 518 g/mol.